The molecule has 0 atom stereocenters. The van der Waals surface area contributed by atoms with Crippen molar-refractivity contribution in [3.63, 3.8) is 0 Å². The Morgan fingerprint density at radius 3 is 2.28 bits per heavy atom. The van der Waals surface area contributed by atoms with Crippen LogP contribution in [0.3, 0.4) is 0 Å². The lowest BCUT2D eigenvalue weighted by Gasteiger charge is -2.13. The molecular formula is C26H37N5O. The molecule has 6 heteroatoms. The summed E-state index contributed by atoms with van der Waals surface area (Å²) in [5, 5.41) is 7.66. The maximum absolute atomic E-state index is 9.89. The van der Waals surface area contributed by atoms with Gasteiger partial charge in [-0.1, -0.05) is 62.4 Å². The number of hydrogen-bond acceptors (Lipinski definition) is 6. The molecule has 0 amide bonds. The highest BCUT2D eigenvalue weighted by Crippen LogP contribution is 2.20. The number of allylic oxidation sites excluding steroid dienone is 1. The maximum atomic E-state index is 9.89. The van der Waals surface area contributed by atoms with E-state index in [1.165, 1.54) is 6.08 Å². The van der Waals surface area contributed by atoms with Gasteiger partial charge < -0.3 is 15.5 Å². The van der Waals surface area contributed by atoms with Crippen molar-refractivity contribution in [2.24, 2.45) is 0 Å². The third-order valence-electron chi connectivity index (χ3n) is 4.17. The van der Waals surface area contributed by atoms with E-state index in [-0.39, 0.29) is 0 Å². The van der Waals surface area contributed by atoms with Gasteiger partial charge in [0, 0.05) is 11.9 Å². The number of aromatic nitrogens is 2. The zero-order valence-electron chi connectivity index (χ0n) is 20.0. The van der Waals surface area contributed by atoms with Gasteiger partial charge in [0.1, 0.15) is 17.9 Å². The Hall–Kier alpha value is -3.09. The number of carbonyl (C=O) groups is 1. The van der Waals surface area contributed by atoms with Crippen molar-refractivity contribution in [3.8, 4) is 0 Å². The van der Waals surface area contributed by atoms with Crippen LogP contribution in [0, 0.1) is 0 Å². The van der Waals surface area contributed by atoms with Crippen molar-refractivity contribution in [1.82, 2.24) is 20.2 Å². The SMILES string of the molecule is CC.CNCCCNc1nc(CN(C)C)nc2ccccc12.O=C/C=C/c1ccccc1. The van der Waals surface area contributed by atoms with Crippen LogP contribution in [0.25, 0.3) is 17.0 Å². The molecule has 0 radical (unpaired) electrons. The zero-order chi connectivity index (χ0) is 23.6. The molecule has 0 bridgehead atoms. The van der Waals surface area contributed by atoms with E-state index >= 15 is 0 Å². The minimum absolute atomic E-state index is 0.746. The van der Waals surface area contributed by atoms with Crippen molar-refractivity contribution in [2.45, 2.75) is 26.8 Å². The van der Waals surface area contributed by atoms with Crippen molar-refractivity contribution < 1.29 is 4.79 Å². The van der Waals surface area contributed by atoms with Crippen molar-refractivity contribution in [1.29, 1.82) is 0 Å². The first-order valence-corrected chi connectivity index (χ1v) is 11.1. The molecule has 0 unspecified atom stereocenters. The van der Waals surface area contributed by atoms with Crippen molar-refractivity contribution >= 4 is 29.1 Å². The number of hydrogen-bond donors (Lipinski definition) is 2. The summed E-state index contributed by atoms with van der Waals surface area (Å²) >= 11 is 0. The predicted molar refractivity (Wildman–Crippen MR) is 137 cm³/mol. The van der Waals surface area contributed by atoms with Gasteiger partial charge in [-0.3, -0.25) is 4.79 Å². The van der Waals surface area contributed by atoms with E-state index in [1.54, 1.807) is 6.08 Å². The van der Waals surface area contributed by atoms with Crippen LogP contribution in [0.5, 0.6) is 0 Å². The molecule has 0 saturated carbocycles. The van der Waals surface area contributed by atoms with Gasteiger partial charge in [0.05, 0.1) is 12.1 Å². The van der Waals surface area contributed by atoms with Crippen LogP contribution in [0.1, 0.15) is 31.7 Å². The Bertz CT molecular complexity index is 926. The number of nitrogens with one attached hydrogen (secondary N) is 2. The lowest BCUT2D eigenvalue weighted by atomic mass is 10.2. The van der Waals surface area contributed by atoms with Crippen molar-refractivity contribution in [3.05, 3.63) is 72.1 Å². The Morgan fingerprint density at radius 1 is 0.938 bits per heavy atom. The Balaban J connectivity index is 0.000000358. The smallest absolute Gasteiger partial charge is 0.145 e. The Kier molecular flexibility index (Phi) is 14.0. The van der Waals surface area contributed by atoms with Gasteiger partial charge in [0.25, 0.3) is 0 Å². The van der Waals surface area contributed by atoms with E-state index in [9.17, 15) is 4.79 Å². The minimum atomic E-state index is 0.746. The van der Waals surface area contributed by atoms with Crippen LogP contribution < -0.4 is 10.6 Å². The molecular weight excluding hydrogens is 398 g/mol. The molecule has 0 fully saturated rings. The van der Waals surface area contributed by atoms with Crippen LogP contribution >= 0.6 is 0 Å². The predicted octanol–water partition coefficient (Wildman–Crippen LogP) is 4.64. The van der Waals surface area contributed by atoms with Crippen LogP contribution in [0.15, 0.2) is 60.7 Å². The number of anilines is 1. The van der Waals surface area contributed by atoms with E-state index in [0.29, 0.717) is 0 Å². The third kappa shape index (κ3) is 10.3. The quantitative estimate of drug-likeness (QED) is 0.290. The second kappa shape index (κ2) is 16.6. The normalized spacial score (nSPS) is 10.3. The van der Waals surface area contributed by atoms with E-state index < -0.39 is 0 Å². The minimum Gasteiger partial charge on any atom is -0.369 e. The molecule has 6 nitrogen and oxygen atoms in total. The number of carbonyl (C=O) groups excluding carboxylic acids is 1. The number of benzene rings is 2. The fourth-order valence-corrected chi connectivity index (χ4v) is 2.80. The zero-order valence-corrected chi connectivity index (χ0v) is 20.0. The molecule has 3 aromatic rings. The molecule has 0 aliphatic heterocycles. The van der Waals surface area contributed by atoms with Gasteiger partial charge >= 0.3 is 0 Å². The summed E-state index contributed by atoms with van der Waals surface area (Å²) < 4.78 is 0. The number of fused-ring (bicyclic) bond motifs is 1. The van der Waals surface area contributed by atoms with E-state index in [4.69, 9.17) is 0 Å². The fraction of sp³-hybridized carbons (Fsp3) is 0.346. The molecule has 0 aliphatic carbocycles. The van der Waals surface area contributed by atoms with Gasteiger partial charge in [0.15, 0.2) is 0 Å². The summed E-state index contributed by atoms with van der Waals surface area (Å²) in [7, 11) is 6.02. The summed E-state index contributed by atoms with van der Waals surface area (Å²) in [6, 6.07) is 17.8. The Labute approximate surface area is 192 Å². The van der Waals surface area contributed by atoms with Gasteiger partial charge in [-0.05, 0) is 57.9 Å². The highest BCUT2D eigenvalue weighted by Gasteiger charge is 2.07. The highest BCUT2D eigenvalue weighted by atomic mass is 16.1. The van der Waals surface area contributed by atoms with Gasteiger partial charge in [-0.15, -0.1) is 0 Å². The monoisotopic (exact) mass is 435 g/mol. The van der Waals surface area contributed by atoms with Crippen LogP contribution in [0.4, 0.5) is 5.82 Å². The maximum Gasteiger partial charge on any atom is 0.145 e. The molecule has 2 aromatic carbocycles. The van der Waals surface area contributed by atoms with Gasteiger partial charge in [-0.2, -0.15) is 0 Å². The molecule has 32 heavy (non-hydrogen) atoms. The molecule has 172 valence electrons. The first-order valence-electron chi connectivity index (χ1n) is 11.1. The lowest BCUT2D eigenvalue weighted by molar-refractivity contribution is -0.104. The van der Waals surface area contributed by atoms with Crippen LogP contribution in [0.2, 0.25) is 0 Å². The lowest BCUT2D eigenvalue weighted by Crippen LogP contribution is -2.16. The number of nitrogens with zero attached hydrogens (tertiary/aromatic N) is 3. The van der Waals surface area contributed by atoms with Crippen LogP contribution in [-0.2, 0) is 11.3 Å². The average molecular weight is 436 g/mol. The summed E-state index contributed by atoms with van der Waals surface area (Å²) in [4.78, 5) is 21.2. The molecule has 1 aromatic heterocycles. The van der Waals surface area contributed by atoms with Crippen LogP contribution in [-0.4, -0.2) is 55.4 Å². The first-order chi connectivity index (χ1) is 15.6. The summed E-state index contributed by atoms with van der Waals surface area (Å²) in [6.45, 7) is 6.65. The average Bonchev–Trinajstić information content (AvgIpc) is 2.82. The van der Waals surface area contributed by atoms with Gasteiger partial charge in [-0.25, -0.2) is 9.97 Å². The standard InChI is InChI=1S/C15H23N5.C9H8O.C2H6/c1-16-9-6-10-17-15-12-7-4-5-8-13(12)18-14(19-15)11-20(2)3;10-8-4-7-9-5-2-1-3-6-9;1-2/h4-5,7-8,16H,6,9-11H2,1-3H3,(H,17,18,19);1-8H;1-2H3/b;7-4+;. The largest absolute Gasteiger partial charge is 0.369 e. The highest BCUT2D eigenvalue weighted by molar-refractivity contribution is 5.88. The molecule has 1 heterocycles. The van der Waals surface area contributed by atoms with E-state index in [0.717, 1.165) is 60.4 Å². The molecule has 0 aliphatic rings. The Morgan fingerprint density at radius 2 is 1.62 bits per heavy atom. The number of aldehydes is 1. The first kappa shape index (κ1) is 26.9. The third-order valence-corrected chi connectivity index (χ3v) is 4.17. The van der Waals surface area contributed by atoms with E-state index in [2.05, 4.69) is 31.6 Å². The molecule has 2 N–H and O–H groups in total. The second-order valence-corrected chi connectivity index (χ2v) is 7.03. The summed E-state index contributed by atoms with van der Waals surface area (Å²) in [6.07, 6.45) is 5.09. The summed E-state index contributed by atoms with van der Waals surface area (Å²) in [5.74, 6) is 1.79. The topological polar surface area (TPSA) is 70.2 Å². The molecule has 3 rings (SSSR count). The molecule has 0 spiro atoms. The number of rotatable bonds is 9. The van der Waals surface area contributed by atoms with Crippen molar-refractivity contribution in [2.75, 3.05) is 39.5 Å². The second-order valence-electron chi connectivity index (χ2n) is 7.03. The fourth-order valence-electron chi connectivity index (χ4n) is 2.80. The van der Waals surface area contributed by atoms with E-state index in [1.807, 2.05) is 83.5 Å². The summed E-state index contributed by atoms with van der Waals surface area (Å²) in [5.41, 5.74) is 2.05. The number of para-hydroxylation sites is 1. The molecule has 0 saturated heterocycles. The van der Waals surface area contributed by atoms with Gasteiger partial charge in [0.2, 0.25) is 0 Å².